The number of aliphatic carboxylic acids is 1. The van der Waals surface area contributed by atoms with Crippen LogP contribution in [-0.4, -0.2) is 52.0 Å². The number of amides is 2. The molecule has 0 radical (unpaired) electrons. The van der Waals surface area contributed by atoms with Crippen LogP contribution in [0.5, 0.6) is 0 Å². The molecule has 0 aromatic heterocycles. The van der Waals surface area contributed by atoms with Gasteiger partial charge in [0.25, 0.3) is 0 Å². The van der Waals surface area contributed by atoms with Crippen LogP contribution in [0.4, 0.5) is 0 Å². The summed E-state index contributed by atoms with van der Waals surface area (Å²) in [5.41, 5.74) is -1.01. The minimum Gasteiger partial charge on any atom is -0.481 e. The van der Waals surface area contributed by atoms with Crippen molar-refractivity contribution in [3.8, 4) is 0 Å². The van der Waals surface area contributed by atoms with E-state index in [1.165, 1.54) is 23.6 Å². The van der Waals surface area contributed by atoms with Gasteiger partial charge < -0.3 is 15.3 Å². The van der Waals surface area contributed by atoms with Crippen LogP contribution in [0.15, 0.2) is 0 Å². The first-order valence-electron chi connectivity index (χ1n) is 5.62. The van der Waals surface area contributed by atoms with Crippen molar-refractivity contribution < 1.29 is 19.5 Å². The van der Waals surface area contributed by atoms with Crippen LogP contribution in [0, 0.1) is 5.41 Å². The predicted molar refractivity (Wildman–Crippen MR) is 68.1 cm³/mol. The molecule has 1 unspecified atom stereocenters. The number of carbonyl (C=O) groups is 3. The first-order chi connectivity index (χ1) is 8.25. The Hall–Kier alpha value is -1.24. The van der Waals surface area contributed by atoms with Gasteiger partial charge in [0, 0.05) is 19.2 Å². The molecule has 0 aliphatic carbocycles. The molecule has 1 fully saturated rings. The third-order valence-electron chi connectivity index (χ3n) is 2.87. The lowest BCUT2D eigenvalue weighted by Crippen LogP contribution is -2.49. The number of carboxylic acids is 1. The third kappa shape index (κ3) is 3.38. The summed E-state index contributed by atoms with van der Waals surface area (Å²) in [6.45, 7) is 4.56. The number of thioether (sulfide) groups is 1. The zero-order chi connectivity index (χ0) is 13.9. The van der Waals surface area contributed by atoms with E-state index >= 15 is 0 Å². The Balaban J connectivity index is 2.56. The maximum absolute atomic E-state index is 11.9. The van der Waals surface area contributed by atoms with Gasteiger partial charge in [-0.3, -0.25) is 14.4 Å². The average Bonchev–Trinajstić information content (AvgIpc) is 2.74. The van der Waals surface area contributed by atoms with Crippen LogP contribution in [-0.2, 0) is 14.4 Å². The van der Waals surface area contributed by atoms with Gasteiger partial charge in [0.15, 0.2) is 0 Å². The van der Waals surface area contributed by atoms with Gasteiger partial charge in [0.05, 0.1) is 11.3 Å². The molecule has 0 aromatic rings. The first kappa shape index (κ1) is 14.8. The molecular weight excluding hydrogens is 256 g/mol. The number of hydrogen-bond donors (Lipinski definition) is 2. The van der Waals surface area contributed by atoms with E-state index in [0.29, 0.717) is 11.6 Å². The fourth-order valence-electron chi connectivity index (χ4n) is 1.47. The molecule has 1 rings (SSSR count). The highest BCUT2D eigenvalue weighted by molar-refractivity contribution is 7.99. The SMILES string of the molecule is CC(=O)N1CSCC1C(=O)NCC(C)(C)C(=O)O. The number of nitrogens with one attached hydrogen (secondary N) is 1. The standard InChI is InChI=1S/C11H18N2O4S/c1-7(14)13-6-18-4-8(13)9(15)12-5-11(2,3)10(16)17/h8H,4-6H2,1-3H3,(H,12,15)(H,16,17). The van der Waals surface area contributed by atoms with E-state index in [1.807, 2.05) is 0 Å². The smallest absolute Gasteiger partial charge is 0.310 e. The summed E-state index contributed by atoms with van der Waals surface area (Å²) in [5.74, 6) is -0.330. The Morgan fingerprint density at radius 3 is 2.56 bits per heavy atom. The minimum absolute atomic E-state index is 0.0497. The average molecular weight is 274 g/mol. The fraction of sp³-hybridized carbons (Fsp3) is 0.727. The van der Waals surface area contributed by atoms with Crippen LogP contribution in [0.2, 0.25) is 0 Å². The lowest BCUT2D eigenvalue weighted by molar-refractivity contribution is -0.147. The third-order valence-corrected chi connectivity index (χ3v) is 3.89. The van der Waals surface area contributed by atoms with Crippen LogP contribution in [0.3, 0.4) is 0 Å². The number of nitrogens with zero attached hydrogens (tertiary/aromatic N) is 1. The number of carboxylic acid groups (broad SMARTS) is 1. The van der Waals surface area contributed by atoms with E-state index in [2.05, 4.69) is 5.32 Å². The topological polar surface area (TPSA) is 86.7 Å². The van der Waals surface area contributed by atoms with Gasteiger partial charge in [-0.25, -0.2) is 0 Å². The molecule has 1 atom stereocenters. The van der Waals surface area contributed by atoms with Crippen LogP contribution < -0.4 is 5.32 Å². The zero-order valence-electron chi connectivity index (χ0n) is 10.7. The summed E-state index contributed by atoms with van der Waals surface area (Å²) in [4.78, 5) is 35.6. The van der Waals surface area contributed by atoms with Crippen LogP contribution in [0.25, 0.3) is 0 Å². The second-order valence-electron chi connectivity index (χ2n) is 4.91. The van der Waals surface area contributed by atoms with Crippen molar-refractivity contribution in [1.82, 2.24) is 10.2 Å². The molecule has 102 valence electrons. The summed E-state index contributed by atoms with van der Waals surface area (Å²) in [6, 6.07) is -0.489. The maximum atomic E-state index is 11.9. The van der Waals surface area contributed by atoms with Crippen molar-refractivity contribution in [3.63, 3.8) is 0 Å². The van der Waals surface area contributed by atoms with Crippen molar-refractivity contribution in [2.24, 2.45) is 5.41 Å². The van der Waals surface area contributed by atoms with Crippen molar-refractivity contribution in [3.05, 3.63) is 0 Å². The summed E-state index contributed by atoms with van der Waals surface area (Å²) >= 11 is 1.51. The van der Waals surface area contributed by atoms with Gasteiger partial charge in [-0.05, 0) is 13.8 Å². The van der Waals surface area contributed by atoms with E-state index in [-0.39, 0.29) is 18.4 Å². The van der Waals surface area contributed by atoms with E-state index in [1.54, 1.807) is 13.8 Å². The van der Waals surface area contributed by atoms with Crippen molar-refractivity contribution in [2.75, 3.05) is 18.2 Å². The Morgan fingerprint density at radius 2 is 2.06 bits per heavy atom. The van der Waals surface area contributed by atoms with Gasteiger partial charge in [-0.1, -0.05) is 0 Å². The first-order valence-corrected chi connectivity index (χ1v) is 6.77. The van der Waals surface area contributed by atoms with Gasteiger partial charge in [-0.2, -0.15) is 0 Å². The summed E-state index contributed by atoms with van der Waals surface area (Å²) in [6.07, 6.45) is 0. The summed E-state index contributed by atoms with van der Waals surface area (Å²) in [7, 11) is 0. The monoisotopic (exact) mass is 274 g/mol. The van der Waals surface area contributed by atoms with Crippen molar-refractivity contribution in [1.29, 1.82) is 0 Å². The van der Waals surface area contributed by atoms with Crippen molar-refractivity contribution in [2.45, 2.75) is 26.8 Å². The van der Waals surface area contributed by atoms with E-state index < -0.39 is 17.4 Å². The molecular formula is C11H18N2O4S. The minimum atomic E-state index is -1.01. The highest BCUT2D eigenvalue weighted by Gasteiger charge is 2.34. The van der Waals surface area contributed by atoms with E-state index in [0.717, 1.165) is 0 Å². The molecule has 1 heterocycles. The molecule has 2 amide bonds. The summed E-state index contributed by atoms with van der Waals surface area (Å²) < 4.78 is 0. The molecule has 0 spiro atoms. The lowest BCUT2D eigenvalue weighted by Gasteiger charge is -2.24. The van der Waals surface area contributed by atoms with E-state index in [4.69, 9.17) is 5.11 Å². The van der Waals surface area contributed by atoms with Gasteiger partial charge in [-0.15, -0.1) is 11.8 Å². The maximum Gasteiger partial charge on any atom is 0.310 e. The highest BCUT2D eigenvalue weighted by atomic mass is 32.2. The lowest BCUT2D eigenvalue weighted by atomic mass is 9.94. The van der Waals surface area contributed by atoms with Gasteiger partial charge in [0.1, 0.15) is 6.04 Å². The van der Waals surface area contributed by atoms with Crippen LogP contribution >= 0.6 is 11.8 Å². The zero-order valence-corrected chi connectivity index (χ0v) is 11.5. The number of carbonyl (C=O) groups excluding carboxylic acids is 2. The predicted octanol–water partition coefficient (Wildman–Crippen LogP) is 0.135. The molecule has 2 N–H and O–H groups in total. The largest absolute Gasteiger partial charge is 0.481 e. The fourth-order valence-corrected chi connectivity index (χ4v) is 2.69. The molecule has 1 aliphatic heterocycles. The molecule has 7 heteroatoms. The molecule has 0 saturated carbocycles. The Bertz CT molecular complexity index is 370. The van der Waals surface area contributed by atoms with Gasteiger partial charge >= 0.3 is 5.97 Å². The molecule has 18 heavy (non-hydrogen) atoms. The molecule has 0 bridgehead atoms. The normalized spacial score (nSPS) is 19.7. The second kappa shape index (κ2) is 5.60. The molecule has 1 saturated heterocycles. The Kier molecular flexibility index (Phi) is 4.61. The second-order valence-corrected chi connectivity index (χ2v) is 5.91. The molecule has 0 aromatic carbocycles. The van der Waals surface area contributed by atoms with Crippen molar-refractivity contribution >= 4 is 29.5 Å². The Labute approximate surface area is 110 Å². The van der Waals surface area contributed by atoms with E-state index in [9.17, 15) is 14.4 Å². The summed E-state index contributed by atoms with van der Waals surface area (Å²) in [5, 5.41) is 11.5. The van der Waals surface area contributed by atoms with Gasteiger partial charge in [0.2, 0.25) is 11.8 Å². The highest BCUT2D eigenvalue weighted by Crippen LogP contribution is 2.21. The molecule has 6 nitrogen and oxygen atoms in total. The molecule has 1 aliphatic rings. The number of rotatable bonds is 4. The quantitative estimate of drug-likeness (QED) is 0.761. The van der Waals surface area contributed by atoms with Crippen LogP contribution in [0.1, 0.15) is 20.8 Å². The Morgan fingerprint density at radius 1 is 1.44 bits per heavy atom. The number of hydrogen-bond acceptors (Lipinski definition) is 4.